The summed E-state index contributed by atoms with van der Waals surface area (Å²) in [4.78, 5) is 26.7. The Bertz CT molecular complexity index is 831. The van der Waals surface area contributed by atoms with E-state index < -0.39 is 5.60 Å². The minimum absolute atomic E-state index is 0.162. The maximum atomic E-state index is 12.7. The van der Waals surface area contributed by atoms with Crippen molar-refractivity contribution >= 4 is 28.5 Å². The summed E-state index contributed by atoms with van der Waals surface area (Å²) in [7, 11) is 0. The Labute approximate surface area is 168 Å². The molecule has 0 radical (unpaired) electrons. The zero-order chi connectivity index (χ0) is 20.3. The fourth-order valence-electron chi connectivity index (χ4n) is 3.17. The molecule has 8 nitrogen and oxygen atoms in total. The second-order valence-electron chi connectivity index (χ2n) is 7.81. The number of nitrogens with zero attached hydrogens (tertiary/aromatic N) is 4. The molecule has 0 bridgehead atoms. The summed E-state index contributed by atoms with van der Waals surface area (Å²) in [5, 5.41) is 12.3. The summed E-state index contributed by atoms with van der Waals surface area (Å²) in [5.74, 6) is -0.196. The third-order valence-electron chi connectivity index (χ3n) is 4.51. The van der Waals surface area contributed by atoms with Crippen LogP contribution in [0, 0.1) is 0 Å². The molecule has 1 aliphatic rings. The highest BCUT2D eigenvalue weighted by Gasteiger charge is 2.28. The Balaban J connectivity index is 1.61. The Morgan fingerprint density at radius 2 is 2.00 bits per heavy atom. The van der Waals surface area contributed by atoms with Crippen molar-refractivity contribution in [2.24, 2.45) is 0 Å². The molecular formula is C19H27N5O3S. The number of amides is 2. The van der Waals surface area contributed by atoms with Crippen molar-refractivity contribution < 1.29 is 14.3 Å². The molecule has 1 saturated heterocycles. The van der Waals surface area contributed by atoms with Crippen LogP contribution < -0.4 is 5.32 Å². The molecule has 152 valence electrons. The van der Waals surface area contributed by atoms with E-state index in [0.29, 0.717) is 23.9 Å². The van der Waals surface area contributed by atoms with E-state index in [1.807, 2.05) is 44.5 Å². The number of anilines is 1. The summed E-state index contributed by atoms with van der Waals surface area (Å²) >= 11 is 1.39. The Hall–Kier alpha value is -2.42. The predicted octanol–water partition coefficient (Wildman–Crippen LogP) is 3.73. The average Bonchev–Trinajstić information content (AvgIpc) is 3.29. The average molecular weight is 406 g/mol. The van der Waals surface area contributed by atoms with E-state index in [4.69, 9.17) is 4.74 Å². The van der Waals surface area contributed by atoms with Crippen LogP contribution in [0.1, 0.15) is 62.1 Å². The number of aryl methyl sites for hydroxylation is 1. The molecule has 0 saturated carbocycles. The first kappa shape index (κ1) is 20.3. The number of hydrogen-bond donors (Lipinski definition) is 1. The van der Waals surface area contributed by atoms with Gasteiger partial charge in [0.25, 0.3) is 5.91 Å². The van der Waals surface area contributed by atoms with Crippen LogP contribution in [0.2, 0.25) is 0 Å². The SMILES string of the molecule is CCc1nnc(NC(=O)c2cccn2C2CCN(C(=O)OC(C)(C)C)CC2)s1. The van der Waals surface area contributed by atoms with Gasteiger partial charge in [-0.15, -0.1) is 10.2 Å². The first-order valence-corrected chi connectivity index (χ1v) is 10.4. The van der Waals surface area contributed by atoms with Gasteiger partial charge < -0.3 is 14.2 Å². The monoisotopic (exact) mass is 405 g/mol. The first-order valence-electron chi connectivity index (χ1n) is 9.55. The number of ether oxygens (including phenoxy) is 1. The molecular weight excluding hydrogens is 378 g/mol. The molecule has 1 aliphatic heterocycles. The maximum Gasteiger partial charge on any atom is 0.410 e. The van der Waals surface area contributed by atoms with E-state index in [1.165, 1.54) is 11.3 Å². The minimum Gasteiger partial charge on any atom is -0.444 e. The molecule has 0 unspecified atom stereocenters. The number of nitrogens with one attached hydrogen (secondary N) is 1. The zero-order valence-electron chi connectivity index (χ0n) is 16.8. The lowest BCUT2D eigenvalue weighted by Crippen LogP contribution is -2.42. The lowest BCUT2D eigenvalue weighted by Gasteiger charge is -2.34. The van der Waals surface area contributed by atoms with E-state index >= 15 is 0 Å². The van der Waals surface area contributed by atoms with Gasteiger partial charge in [-0.3, -0.25) is 10.1 Å². The van der Waals surface area contributed by atoms with Crippen molar-refractivity contribution in [3.63, 3.8) is 0 Å². The number of rotatable bonds is 4. The molecule has 0 aromatic carbocycles. The van der Waals surface area contributed by atoms with Crippen LogP contribution in [0.5, 0.6) is 0 Å². The van der Waals surface area contributed by atoms with E-state index in [9.17, 15) is 9.59 Å². The number of hydrogen-bond acceptors (Lipinski definition) is 6. The van der Waals surface area contributed by atoms with Crippen LogP contribution in [0.15, 0.2) is 18.3 Å². The number of aromatic nitrogens is 3. The summed E-state index contributed by atoms with van der Waals surface area (Å²) < 4.78 is 7.44. The fraction of sp³-hybridized carbons (Fsp3) is 0.579. The van der Waals surface area contributed by atoms with Crippen LogP contribution in [0.4, 0.5) is 9.93 Å². The van der Waals surface area contributed by atoms with Crippen LogP contribution in [-0.4, -0.2) is 50.4 Å². The summed E-state index contributed by atoms with van der Waals surface area (Å²) in [6, 6.07) is 3.83. The van der Waals surface area contributed by atoms with Crippen molar-refractivity contribution in [1.29, 1.82) is 0 Å². The van der Waals surface area contributed by atoms with Crippen molar-refractivity contribution in [2.75, 3.05) is 18.4 Å². The lowest BCUT2D eigenvalue weighted by atomic mass is 10.0. The quantitative estimate of drug-likeness (QED) is 0.837. The van der Waals surface area contributed by atoms with Crippen molar-refractivity contribution in [2.45, 2.75) is 58.6 Å². The molecule has 0 atom stereocenters. The molecule has 0 aliphatic carbocycles. The van der Waals surface area contributed by atoms with Crippen LogP contribution in [0.3, 0.4) is 0 Å². The fourth-order valence-corrected chi connectivity index (χ4v) is 3.84. The van der Waals surface area contributed by atoms with Gasteiger partial charge in [-0.05, 0) is 52.2 Å². The smallest absolute Gasteiger partial charge is 0.410 e. The van der Waals surface area contributed by atoms with Gasteiger partial charge in [-0.2, -0.15) is 0 Å². The third kappa shape index (κ3) is 4.89. The molecule has 2 amide bonds. The maximum absolute atomic E-state index is 12.7. The molecule has 2 aromatic heterocycles. The minimum atomic E-state index is -0.498. The van der Waals surface area contributed by atoms with Gasteiger partial charge in [0.15, 0.2) is 0 Å². The van der Waals surface area contributed by atoms with Gasteiger partial charge >= 0.3 is 6.09 Å². The second-order valence-corrected chi connectivity index (χ2v) is 8.87. The van der Waals surface area contributed by atoms with Crippen LogP contribution in [-0.2, 0) is 11.2 Å². The number of carbonyl (C=O) groups excluding carboxylic acids is 2. The number of likely N-dealkylation sites (tertiary alicyclic amines) is 1. The summed E-state index contributed by atoms with van der Waals surface area (Å²) in [6.45, 7) is 8.81. The van der Waals surface area contributed by atoms with Crippen molar-refractivity contribution in [1.82, 2.24) is 19.7 Å². The van der Waals surface area contributed by atoms with Crippen LogP contribution >= 0.6 is 11.3 Å². The van der Waals surface area contributed by atoms with Gasteiger partial charge in [0.2, 0.25) is 5.13 Å². The largest absolute Gasteiger partial charge is 0.444 e. The molecule has 9 heteroatoms. The molecule has 2 aromatic rings. The Morgan fingerprint density at radius 1 is 1.29 bits per heavy atom. The van der Waals surface area contributed by atoms with E-state index in [1.54, 1.807) is 11.0 Å². The molecule has 3 heterocycles. The molecule has 0 spiro atoms. The van der Waals surface area contributed by atoms with Gasteiger partial charge in [-0.25, -0.2) is 4.79 Å². The standard InChI is InChI=1S/C19H27N5O3S/c1-5-15-21-22-17(28-15)20-16(25)14-7-6-10-24(14)13-8-11-23(12-9-13)18(26)27-19(2,3)4/h6-7,10,13H,5,8-9,11-12H2,1-4H3,(H,20,22,25). The van der Waals surface area contributed by atoms with Gasteiger partial charge in [0.05, 0.1) is 0 Å². The summed E-state index contributed by atoms with van der Waals surface area (Å²) in [6.07, 6.45) is 3.97. The molecule has 1 fully saturated rings. The highest BCUT2D eigenvalue weighted by atomic mass is 32.1. The predicted molar refractivity (Wildman–Crippen MR) is 108 cm³/mol. The van der Waals surface area contributed by atoms with Gasteiger partial charge in [-0.1, -0.05) is 18.3 Å². The van der Waals surface area contributed by atoms with Crippen molar-refractivity contribution in [3.05, 3.63) is 29.0 Å². The number of carbonyl (C=O) groups is 2. The van der Waals surface area contributed by atoms with E-state index in [2.05, 4.69) is 15.5 Å². The Morgan fingerprint density at radius 3 is 2.61 bits per heavy atom. The molecule has 1 N–H and O–H groups in total. The van der Waals surface area contributed by atoms with Crippen molar-refractivity contribution in [3.8, 4) is 0 Å². The Kier molecular flexibility index (Phi) is 6.02. The van der Waals surface area contributed by atoms with Gasteiger partial charge in [0.1, 0.15) is 16.3 Å². The molecule has 28 heavy (non-hydrogen) atoms. The highest BCUT2D eigenvalue weighted by molar-refractivity contribution is 7.15. The second kappa shape index (κ2) is 8.30. The topological polar surface area (TPSA) is 89.4 Å². The van der Waals surface area contributed by atoms with E-state index in [-0.39, 0.29) is 18.0 Å². The van der Waals surface area contributed by atoms with Crippen LogP contribution in [0.25, 0.3) is 0 Å². The number of piperidine rings is 1. The highest BCUT2D eigenvalue weighted by Crippen LogP contribution is 2.26. The lowest BCUT2D eigenvalue weighted by molar-refractivity contribution is 0.0187. The molecule has 3 rings (SSSR count). The first-order chi connectivity index (χ1) is 13.3. The normalized spacial score (nSPS) is 15.5. The zero-order valence-corrected chi connectivity index (χ0v) is 17.6. The summed E-state index contributed by atoms with van der Waals surface area (Å²) in [5.41, 5.74) is 0.0889. The third-order valence-corrected chi connectivity index (χ3v) is 5.49. The van der Waals surface area contributed by atoms with Gasteiger partial charge in [0, 0.05) is 25.3 Å². The van der Waals surface area contributed by atoms with E-state index in [0.717, 1.165) is 24.3 Å².